The van der Waals surface area contributed by atoms with Crippen LogP contribution in [0.3, 0.4) is 0 Å². The maximum absolute atomic E-state index is 9.40. The molecular weight excluding hydrogens is 202 g/mol. The molecule has 3 nitrogen and oxygen atoms in total. The van der Waals surface area contributed by atoms with Gasteiger partial charge in [0, 0.05) is 26.2 Å². The van der Waals surface area contributed by atoms with Gasteiger partial charge in [-0.3, -0.25) is 4.90 Å². The SMILES string of the molecule is C[C@H](O)CN(CCCO)Cc1ccccc1. The Hall–Kier alpha value is -0.900. The van der Waals surface area contributed by atoms with Gasteiger partial charge in [0.25, 0.3) is 0 Å². The molecule has 0 spiro atoms. The number of aliphatic hydroxyl groups excluding tert-OH is 2. The smallest absolute Gasteiger partial charge is 0.0639 e. The lowest BCUT2D eigenvalue weighted by Crippen LogP contribution is -2.31. The molecular formula is C13H21NO2. The van der Waals surface area contributed by atoms with Crippen LogP contribution in [-0.2, 0) is 6.54 Å². The van der Waals surface area contributed by atoms with Gasteiger partial charge in [-0.05, 0) is 18.9 Å². The third-order valence-corrected chi connectivity index (χ3v) is 2.40. The van der Waals surface area contributed by atoms with E-state index >= 15 is 0 Å². The van der Waals surface area contributed by atoms with E-state index in [1.54, 1.807) is 6.92 Å². The van der Waals surface area contributed by atoms with Crippen LogP contribution in [0.15, 0.2) is 30.3 Å². The Labute approximate surface area is 97.3 Å². The van der Waals surface area contributed by atoms with Crippen molar-refractivity contribution in [1.82, 2.24) is 4.90 Å². The van der Waals surface area contributed by atoms with Crippen LogP contribution in [0, 0.1) is 0 Å². The monoisotopic (exact) mass is 223 g/mol. The molecule has 0 aliphatic carbocycles. The van der Waals surface area contributed by atoms with Gasteiger partial charge in [-0.15, -0.1) is 0 Å². The average Bonchev–Trinajstić information content (AvgIpc) is 2.26. The summed E-state index contributed by atoms with van der Waals surface area (Å²) in [7, 11) is 0. The zero-order valence-corrected chi connectivity index (χ0v) is 9.84. The molecule has 0 saturated carbocycles. The van der Waals surface area contributed by atoms with Crippen molar-refractivity contribution in [3.8, 4) is 0 Å². The van der Waals surface area contributed by atoms with Gasteiger partial charge in [-0.1, -0.05) is 30.3 Å². The summed E-state index contributed by atoms with van der Waals surface area (Å²) in [5, 5.41) is 18.2. The van der Waals surface area contributed by atoms with Gasteiger partial charge in [0.1, 0.15) is 0 Å². The first kappa shape index (κ1) is 13.2. The van der Waals surface area contributed by atoms with Gasteiger partial charge in [0.15, 0.2) is 0 Å². The Kier molecular flexibility index (Phi) is 6.08. The molecule has 1 atom stereocenters. The number of benzene rings is 1. The number of aliphatic hydroxyl groups is 2. The summed E-state index contributed by atoms with van der Waals surface area (Å²) in [6.45, 7) is 4.28. The van der Waals surface area contributed by atoms with Gasteiger partial charge >= 0.3 is 0 Å². The van der Waals surface area contributed by atoms with Gasteiger partial charge in [-0.25, -0.2) is 0 Å². The third-order valence-electron chi connectivity index (χ3n) is 2.40. The Balaban J connectivity index is 2.49. The molecule has 1 aromatic rings. The lowest BCUT2D eigenvalue weighted by molar-refractivity contribution is 0.116. The maximum atomic E-state index is 9.40. The van der Waals surface area contributed by atoms with Crippen molar-refractivity contribution >= 4 is 0 Å². The second-order valence-corrected chi connectivity index (χ2v) is 4.15. The minimum Gasteiger partial charge on any atom is -0.396 e. The van der Waals surface area contributed by atoms with Crippen LogP contribution in [0.1, 0.15) is 18.9 Å². The molecule has 0 amide bonds. The number of rotatable bonds is 7. The summed E-state index contributed by atoms with van der Waals surface area (Å²) in [5.41, 5.74) is 1.24. The van der Waals surface area contributed by atoms with Crippen molar-refractivity contribution in [2.45, 2.75) is 26.0 Å². The summed E-state index contributed by atoms with van der Waals surface area (Å²) in [6.07, 6.45) is 0.418. The molecule has 3 heteroatoms. The van der Waals surface area contributed by atoms with Crippen molar-refractivity contribution in [3.63, 3.8) is 0 Å². The van der Waals surface area contributed by atoms with Gasteiger partial charge in [0.2, 0.25) is 0 Å². The zero-order valence-electron chi connectivity index (χ0n) is 9.84. The zero-order chi connectivity index (χ0) is 11.8. The Morgan fingerprint density at radius 2 is 1.94 bits per heavy atom. The molecule has 0 radical (unpaired) electrons. The minimum absolute atomic E-state index is 0.200. The molecule has 0 aromatic heterocycles. The summed E-state index contributed by atoms with van der Waals surface area (Å²) < 4.78 is 0. The van der Waals surface area contributed by atoms with Gasteiger partial charge in [0.05, 0.1) is 6.10 Å². The lowest BCUT2D eigenvalue weighted by atomic mass is 10.2. The maximum Gasteiger partial charge on any atom is 0.0639 e. The van der Waals surface area contributed by atoms with E-state index in [4.69, 9.17) is 5.11 Å². The second kappa shape index (κ2) is 7.39. The predicted molar refractivity (Wildman–Crippen MR) is 65.1 cm³/mol. The van der Waals surface area contributed by atoms with Gasteiger partial charge in [-0.2, -0.15) is 0 Å². The molecule has 0 aliphatic heterocycles. The molecule has 1 aromatic carbocycles. The Bertz CT molecular complexity index is 275. The second-order valence-electron chi connectivity index (χ2n) is 4.15. The molecule has 0 heterocycles. The van der Waals surface area contributed by atoms with E-state index in [9.17, 15) is 5.11 Å². The first-order valence-corrected chi connectivity index (χ1v) is 5.77. The van der Waals surface area contributed by atoms with E-state index in [1.165, 1.54) is 5.56 Å². The summed E-state index contributed by atoms with van der Waals surface area (Å²) >= 11 is 0. The average molecular weight is 223 g/mol. The van der Waals surface area contributed by atoms with E-state index in [-0.39, 0.29) is 12.7 Å². The molecule has 2 N–H and O–H groups in total. The number of nitrogens with zero attached hydrogens (tertiary/aromatic N) is 1. The van der Waals surface area contributed by atoms with Crippen LogP contribution in [-0.4, -0.2) is 40.9 Å². The van der Waals surface area contributed by atoms with Crippen LogP contribution in [0.4, 0.5) is 0 Å². The highest BCUT2D eigenvalue weighted by Crippen LogP contribution is 2.05. The quantitative estimate of drug-likeness (QED) is 0.731. The van der Waals surface area contributed by atoms with Crippen LogP contribution < -0.4 is 0 Å². The Morgan fingerprint density at radius 3 is 2.50 bits per heavy atom. The molecule has 0 unspecified atom stereocenters. The van der Waals surface area contributed by atoms with Crippen LogP contribution in [0.5, 0.6) is 0 Å². The summed E-state index contributed by atoms with van der Waals surface area (Å²) in [4.78, 5) is 2.16. The Morgan fingerprint density at radius 1 is 1.25 bits per heavy atom. The van der Waals surface area contributed by atoms with Gasteiger partial charge < -0.3 is 10.2 Å². The van der Waals surface area contributed by atoms with E-state index in [0.717, 1.165) is 19.5 Å². The van der Waals surface area contributed by atoms with Crippen LogP contribution in [0.25, 0.3) is 0 Å². The number of hydrogen-bond acceptors (Lipinski definition) is 3. The van der Waals surface area contributed by atoms with Crippen molar-refractivity contribution in [3.05, 3.63) is 35.9 Å². The normalized spacial score (nSPS) is 13.0. The molecule has 0 fully saturated rings. The van der Waals surface area contributed by atoms with Crippen LogP contribution >= 0.6 is 0 Å². The molecule has 0 bridgehead atoms. The van der Waals surface area contributed by atoms with Crippen molar-refractivity contribution in [2.75, 3.05) is 19.7 Å². The fourth-order valence-corrected chi connectivity index (χ4v) is 1.74. The predicted octanol–water partition coefficient (Wildman–Crippen LogP) is 1.25. The highest BCUT2D eigenvalue weighted by Gasteiger charge is 2.08. The molecule has 16 heavy (non-hydrogen) atoms. The van der Waals surface area contributed by atoms with E-state index in [1.807, 2.05) is 18.2 Å². The first-order valence-electron chi connectivity index (χ1n) is 5.77. The fourth-order valence-electron chi connectivity index (χ4n) is 1.74. The topological polar surface area (TPSA) is 43.7 Å². The fraction of sp³-hybridized carbons (Fsp3) is 0.538. The highest BCUT2D eigenvalue weighted by molar-refractivity contribution is 5.14. The van der Waals surface area contributed by atoms with E-state index < -0.39 is 0 Å². The summed E-state index contributed by atoms with van der Waals surface area (Å²) in [5.74, 6) is 0. The van der Waals surface area contributed by atoms with Crippen LogP contribution in [0.2, 0.25) is 0 Å². The molecule has 1 rings (SSSR count). The molecule has 0 aliphatic rings. The first-order chi connectivity index (χ1) is 7.72. The molecule has 90 valence electrons. The van der Waals surface area contributed by atoms with Crippen molar-refractivity contribution in [1.29, 1.82) is 0 Å². The van der Waals surface area contributed by atoms with Crippen molar-refractivity contribution in [2.24, 2.45) is 0 Å². The summed E-state index contributed by atoms with van der Waals surface area (Å²) in [6, 6.07) is 10.2. The minimum atomic E-state index is -0.331. The third kappa shape index (κ3) is 5.26. The van der Waals surface area contributed by atoms with E-state index in [0.29, 0.717) is 6.54 Å². The largest absolute Gasteiger partial charge is 0.396 e. The number of hydrogen-bond donors (Lipinski definition) is 2. The van der Waals surface area contributed by atoms with E-state index in [2.05, 4.69) is 17.0 Å². The lowest BCUT2D eigenvalue weighted by Gasteiger charge is -2.23. The highest BCUT2D eigenvalue weighted by atomic mass is 16.3. The standard InChI is InChI=1S/C13H21NO2/c1-12(16)10-14(8-5-9-15)11-13-6-3-2-4-7-13/h2-4,6-7,12,15-16H,5,8-11H2,1H3/t12-/m0/s1. The van der Waals surface area contributed by atoms with Crippen molar-refractivity contribution < 1.29 is 10.2 Å². The molecule has 0 saturated heterocycles.